The molecule has 34 heavy (non-hydrogen) atoms. The zero-order chi connectivity index (χ0) is 24.1. The Bertz CT molecular complexity index is 1570. The number of nitrogens with one attached hydrogen (secondary N) is 1. The molecule has 3 heterocycles. The first-order chi connectivity index (χ1) is 16.3. The van der Waals surface area contributed by atoms with Crippen LogP contribution in [0.2, 0.25) is 5.02 Å². The third-order valence-corrected chi connectivity index (χ3v) is 6.10. The van der Waals surface area contributed by atoms with E-state index in [-0.39, 0.29) is 50.8 Å². The molecule has 3 aromatic heterocycles. The first kappa shape index (κ1) is 22.1. The highest BCUT2D eigenvalue weighted by Crippen LogP contribution is 2.42. The van der Waals surface area contributed by atoms with Crippen LogP contribution in [0.15, 0.2) is 23.1 Å². The fraction of sp³-hybridized carbons (Fsp3) is 0.227. The molecule has 0 atom stereocenters. The van der Waals surface area contributed by atoms with Crippen molar-refractivity contribution in [1.29, 1.82) is 5.26 Å². The quantitative estimate of drug-likeness (QED) is 0.397. The maximum absolute atomic E-state index is 15.4. The van der Waals surface area contributed by atoms with Gasteiger partial charge >= 0.3 is 0 Å². The van der Waals surface area contributed by atoms with Crippen molar-refractivity contribution in [3.05, 3.63) is 50.8 Å². The van der Waals surface area contributed by atoms with Gasteiger partial charge in [-0.3, -0.25) is 9.48 Å². The number of aromatic nitrogens is 5. The van der Waals surface area contributed by atoms with Crippen molar-refractivity contribution in [2.75, 3.05) is 5.73 Å². The van der Waals surface area contributed by atoms with E-state index in [9.17, 15) is 10.1 Å². The third-order valence-electron chi connectivity index (χ3n) is 5.57. The van der Waals surface area contributed by atoms with E-state index in [4.69, 9.17) is 33.7 Å². The molecule has 0 bridgehead atoms. The van der Waals surface area contributed by atoms with Crippen LogP contribution in [0.3, 0.4) is 0 Å². The number of nitriles is 1. The molecule has 5 rings (SSSR count). The van der Waals surface area contributed by atoms with Crippen molar-refractivity contribution in [1.82, 2.24) is 25.0 Å². The summed E-state index contributed by atoms with van der Waals surface area (Å²) in [6.45, 7) is 0. The van der Waals surface area contributed by atoms with Gasteiger partial charge in [0.15, 0.2) is 5.82 Å². The number of ether oxygens (including phenoxy) is 1. The van der Waals surface area contributed by atoms with Crippen LogP contribution < -0.4 is 16.0 Å². The number of H-pyrrole nitrogens is 1. The number of anilines is 1. The first-order valence-electron chi connectivity index (χ1n) is 10.2. The van der Waals surface area contributed by atoms with E-state index in [1.54, 1.807) is 13.1 Å². The summed E-state index contributed by atoms with van der Waals surface area (Å²) in [5.41, 5.74) is 6.82. The van der Waals surface area contributed by atoms with Crippen molar-refractivity contribution in [3.63, 3.8) is 0 Å². The van der Waals surface area contributed by atoms with Crippen LogP contribution in [0.25, 0.3) is 33.3 Å². The van der Waals surface area contributed by atoms with Gasteiger partial charge < -0.3 is 10.5 Å². The average Bonchev–Trinajstić information content (AvgIpc) is 3.55. The number of nitrogens with zero attached hydrogens (tertiary/aromatic N) is 5. The van der Waals surface area contributed by atoms with Crippen LogP contribution in [0, 0.1) is 17.1 Å². The Morgan fingerprint density at radius 1 is 1.41 bits per heavy atom. The molecule has 4 aromatic rings. The number of hydrogen-bond acceptors (Lipinski definition) is 7. The topological polar surface area (TPSA) is 136 Å². The number of aromatic amines is 1. The van der Waals surface area contributed by atoms with E-state index < -0.39 is 11.4 Å². The highest BCUT2D eigenvalue weighted by Gasteiger charge is 2.30. The highest BCUT2D eigenvalue weighted by atomic mass is 35.5. The molecule has 0 spiro atoms. The van der Waals surface area contributed by atoms with Gasteiger partial charge in [-0.15, -0.1) is 11.6 Å². The summed E-state index contributed by atoms with van der Waals surface area (Å²) in [5, 5.41) is 20.9. The Morgan fingerprint density at radius 2 is 2.18 bits per heavy atom. The molecule has 172 valence electrons. The molecule has 1 aliphatic rings. The number of halogens is 3. The van der Waals surface area contributed by atoms with Gasteiger partial charge in [-0.05, 0) is 18.9 Å². The summed E-state index contributed by atoms with van der Waals surface area (Å²) in [4.78, 5) is 16.7. The van der Waals surface area contributed by atoms with Crippen LogP contribution in [-0.2, 0) is 12.9 Å². The SMILES string of the molecule is Cn1ncc(-c2cc3c(CCl)n[nH]c(=O)c3c(N)n2)c1-c1c(F)c(Cl)cc(OC2CC2)c1C#N. The number of fused-ring (bicyclic) bond motifs is 1. The molecule has 3 N–H and O–H groups in total. The molecule has 0 radical (unpaired) electrons. The van der Waals surface area contributed by atoms with Crippen molar-refractivity contribution in [2.45, 2.75) is 24.8 Å². The number of alkyl halides is 1. The molecule has 12 heteroatoms. The number of hydrogen-bond donors (Lipinski definition) is 2. The van der Waals surface area contributed by atoms with E-state index >= 15 is 4.39 Å². The van der Waals surface area contributed by atoms with Crippen molar-refractivity contribution < 1.29 is 9.13 Å². The van der Waals surface area contributed by atoms with Gasteiger partial charge in [0.2, 0.25) is 0 Å². The monoisotopic (exact) mass is 499 g/mol. The first-order valence-corrected chi connectivity index (χ1v) is 11.1. The van der Waals surface area contributed by atoms with Crippen molar-refractivity contribution in [3.8, 4) is 34.3 Å². The minimum atomic E-state index is -0.792. The Morgan fingerprint density at radius 3 is 2.85 bits per heavy atom. The highest BCUT2D eigenvalue weighted by molar-refractivity contribution is 6.31. The molecule has 1 aromatic carbocycles. The lowest BCUT2D eigenvalue weighted by molar-refractivity contribution is 0.302. The molecule has 0 unspecified atom stereocenters. The Kier molecular flexibility index (Phi) is 5.38. The molecule has 1 aliphatic carbocycles. The Labute approximate surface area is 201 Å². The van der Waals surface area contributed by atoms with E-state index in [0.717, 1.165) is 12.8 Å². The van der Waals surface area contributed by atoms with Gasteiger partial charge in [-0.2, -0.15) is 15.5 Å². The lowest BCUT2D eigenvalue weighted by Gasteiger charge is -2.15. The van der Waals surface area contributed by atoms with Gasteiger partial charge in [0.25, 0.3) is 5.56 Å². The Hall–Kier alpha value is -3.68. The maximum Gasteiger partial charge on any atom is 0.275 e. The van der Waals surface area contributed by atoms with Crippen LogP contribution >= 0.6 is 23.2 Å². The normalized spacial score (nSPS) is 13.3. The van der Waals surface area contributed by atoms with E-state index in [1.165, 1.54) is 16.9 Å². The maximum atomic E-state index is 15.4. The second kappa shape index (κ2) is 8.27. The zero-order valence-corrected chi connectivity index (χ0v) is 19.2. The largest absolute Gasteiger partial charge is 0.489 e. The lowest BCUT2D eigenvalue weighted by atomic mass is 9.98. The van der Waals surface area contributed by atoms with Gasteiger partial charge in [0.05, 0.1) is 51.2 Å². The number of nitrogen functional groups attached to an aromatic ring is 1. The minimum absolute atomic E-state index is 0.00744. The Balaban J connectivity index is 1.79. The van der Waals surface area contributed by atoms with Gasteiger partial charge in [0, 0.05) is 24.1 Å². The molecular weight excluding hydrogens is 484 g/mol. The van der Waals surface area contributed by atoms with Crippen molar-refractivity contribution in [2.24, 2.45) is 7.05 Å². The summed E-state index contributed by atoms with van der Waals surface area (Å²) in [7, 11) is 1.60. The van der Waals surface area contributed by atoms with Crippen LogP contribution in [-0.4, -0.2) is 31.1 Å². The summed E-state index contributed by atoms with van der Waals surface area (Å²) in [5.74, 6) is -0.634. The minimum Gasteiger partial charge on any atom is -0.489 e. The third kappa shape index (κ3) is 3.54. The fourth-order valence-corrected chi connectivity index (χ4v) is 4.22. The van der Waals surface area contributed by atoms with Gasteiger partial charge in [0.1, 0.15) is 23.2 Å². The second-order valence-electron chi connectivity index (χ2n) is 7.83. The molecule has 9 nitrogen and oxygen atoms in total. The second-order valence-corrected chi connectivity index (χ2v) is 8.50. The smallest absolute Gasteiger partial charge is 0.275 e. The fourth-order valence-electron chi connectivity index (χ4n) is 3.82. The standard InChI is InChI=1S/C22H16Cl2FN7O2/c1-32-20(17-11(7-26)16(34-9-2-3-9)5-13(24)19(17)25)12(8-28-32)14-4-10-15(6-23)30-31-22(33)18(10)21(27)29-14/h4-5,8-9H,2-3,6H2,1H3,(H2,27,29)(H,31,33). The predicted molar refractivity (Wildman–Crippen MR) is 125 cm³/mol. The predicted octanol–water partition coefficient (Wildman–Crippen LogP) is 3.91. The molecular formula is C22H16Cl2FN7O2. The van der Waals surface area contributed by atoms with Crippen LogP contribution in [0.1, 0.15) is 24.1 Å². The lowest BCUT2D eigenvalue weighted by Crippen LogP contribution is -2.13. The van der Waals surface area contributed by atoms with Crippen molar-refractivity contribution >= 4 is 39.8 Å². The zero-order valence-electron chi connectivity index (χ0n) is 17.7. The summed E-state index contributed by atoms with van der Waals surface area (Å²) in [6, 6.07) is 4.94. The number of rotatable bonds is 5. The van der Waals surface area contributed by atoms with Crippen LogP contribution in [0.4, 0.5) is 10.2 Å². The van der Waals surface area contributed by atoms with E-state index in [0.29, 0.717) is 22.3 Å². The molecule has 0 amide bonds. The number of aryl methyl sites for hydroxylation is 1. The molecule has 0 saturated heterocycles. The summed E-state index contributed by atoms with van der Waals surface area (Å²) < 4.78 is 22.7. The van der Waals surface area contributed by atoms with Gasteiger partial charge in [-0.1, -0.05) is 11.6 Å². The molecule has 1 saturated carbocycles. The molecule has 0 aliphatic heterocycles. The van der Waals surface area contributed by atoms with E-state index in [2.05, 4.69) is 20.3 Å². The van der Waals surface area contributed by atoms with Crippen LogP contribution in [0.5, 0.6) is 5.75 Å². The number of benzene rings is 1. The van der Waals surface area contributed by atoms with Gasteiger partial charge in [-0.25, -0.2) is 14.5 Å². The van der Waals surface area contributed by atoms with E-state index in [1.807, 2.05) is 6.07 Å². The number of nitrogens with two attached hydrogens (primary N) is 1. The average molecular weight is 500 g/mol. The number of pyridine rings is 1. The summed E-state index contributed by atoms with van der Waals surface area (Å²) in [6.07, 6.45) is 3.13. The molecule has 1 fully saturated rings. The summed E-state index contributed by atoms with van der Waals surface area (Å²) >= 11 is 12.2.